The van der Waals surface area contributed by atoms with Crippen molar-refractivity contribution >= 4 is 32.0 Å². The number of hydrogen-bond donors (Lipinski definition) is 1. The van der Waals surface area contributed by atoms with Gasteiger partial charge in [0.15, 0.2) is 0 Å². The largest absolute Gasteiger partial charge is 0.478 e. The molecule has 0 aliphatic carbocycles. The van der Waals surface area contributed by atoms with Crippen LogP contribution in [0.2, 0.25) is 0 Å². The SMILES string of the molecule is Cc1ccc(OS(=O)(=O)CCBr)cc1C(=O)O. The first-order valence-electron chi connectivity index (χ1n) is 4.68. The van der Waals surface area contributed by atoms with Crippen molar-refractivity contribution in [2.75, 3.05) is 11.1 Å². The van der Waals surface area contributed by atoms with Crippen LogP contribution in [-0.2, 0) is 10.1 Å². The predicted octanol–water partition coefficient (Wildman–Crippen LogP) is 1.80. The molecule has 0 unspecified atom stereocenters. The molecule has 0 aromatic heterocycles. The Bertz CT molecular complexity index is 523. The van der Waals surface area contributed by atoms with Gasteiger partial charge in [0.05, 0.1) is 11.3 Å². The number of alkyl halides is 1. The van der Waals surface area contributed by atoms with E-state index in [0.29, 0.717) is 5.56 Å². The first-order valence-corrected chi connectivity index (χ1v) is 7.37. The molecule has 0 heterocycles. The average Bonchev–Trinajstić information content (AvgIpc) is 2.20. The van der Waals surface area contributed by atoms with Crippen LogP contribution in [0.4, 0.5) is 0 Å². The van der Waals surface area contributed by atoms with Crippen molar-refractivity contribution in [2.45, 2.75) is 6.92 Å². The van der Waals surface area contributed by atoms with Crippen LogP contribution in [0.25, 0.3) is 0 Å². The second-order valence-electron chi connectivity index (χ2n) is 3.32. The van der Waals surface area contributed by atoms with E-state index < -0.39 is 16.1 Å². The lowest BCUT2D eigenvalue weighted by Gasteiger charge is -2.07. The highest BCUT2D eigenvalue weighted by Crippen LogP contribution is 2.19. The molecule has 94 valence electrons. The topological polar surface area (TPSA) is 80.7 Å². The van der Waals surface area contributed by atoms with E-state index in [1.807, 2.05) is 0 Å². The molecule has 5 nitrogen and oxygen atoms in total. The van der Waals surface area contributed by atoms with Crippen LogP contribution in [0.1, 0.15) is 15.9 Å². The van der Waals surface area contributed by atoms with Gasteiger partial charge >= 0.3 is 16.1 Å². The fraction of sp³-hybridized carbons (Fsp3) is 0.300. The van der Waals surface area contributed by atoms with Crippen molar-refractivity contribution in [3.63, 3.8) is 0 Å². The molecule has 0 amide bonds. The molecule has 1 N–H and O–H groups in total. The lowest BCUT2D eigenvalue weighted by molar-refractivity contribution is 0.0695. The van der Waals surface area contributed by atoms with E-state index in [-0.39, 0.29) is 22.4 Å². The molecule has 0 saturated carbocycles. The molecular weight excluding hydrogens is 312 g/mol. The minimum atomic E-state index is -3.68. The Kier molecular flexibility index (Phi) is 4.53. The van der Waals surface area contributed by atoms with Crippen LogP contribution in [0.3, 0.4) is 0 Å². The summed E-state index contributed by atoms with van der Waals surface area (Å²) in [6, 6.07) is 4.12. The zero-order chi connectivity index (χ0) is 13.1. The highest BCUT2D eigenvalue weighted by Gasteiger charge is 2.14. The molecule has 0 fully saturated rings. The van der Waals surface area contributed by atoms with Crippen LogP contribution >= 0.6 is 15.9 Å². The Labute approximate surface area is 108 Å². The minimum absolute atomic E-state index is 0.00829. The lowest BCUT2D eigenvalue weighted by atomic mass is 10.1. The van der Waals surface area contributed by atoms with Crippen molar-refractivity contribution in [2.24, 2.45) is 0 Å². The van der Waals surface area contributed by atoms with E-state index in [1.165, 1.54) is 18.2 Å². The molecule has 17 heavy (non-hydrogen) atoms. The van der Waals surface area contributed by atoms with Crippen LogP contribution in [-0.4, -0.2) is 30.6 Å². The van der Waals surface area contributed by atoms with Gasteiger partial charge in [0.25, 0.3) is 0 Å². The summed E-state index contributed by atoms with van der Waals surface area (Å²) in [5.74, 6) is -1.29. The fourth-order valence-corrected chi connectivity index (χ4v) is 3.02. The number of carboxylic acids is 1. The highest BCUT2D eigenvalue weighted by atomic mass is 79.9. The van der Waals surface area contributed by atoms with Gasteiger partial charge in [0.2, 0.25) is 0 Å². The van der Waals surface area contributed by atoms with Crippen LogP contribution in [0.5, 0.6) is 5.75 Å². The fourth-order valence-electron chi connectivity index (χ4n) is 1.17. The van der Waals surface area contributed by atoms with E-state index >= 15 is 0 Å². The van der Waals surface area contributed by atoms with E-state index in [0.717, 1.165) is 0 Å². The molecular formula is C10H11BrO5S. The molecule has 0 aliphatic heterocycles. The maximum atomic E-state index is 11.4. The molecule has 0 spiro atoms. The van der Waals surface area contributed by atoms with Gasteiger partial charge in [-0.3, -0.25) is 0 Å². The maximum Gasteiger partial charge on any atom is 0.336 e. The number of halogens is 1. The van der Waals surface area contributed by atoms with Gasteiger partial charge in [-0.05, 0) is 24.6 Å². The van der Waals surface area contributed by atoms with E-state index in [2.05, 4.69) is 15.9 Å². The number of benzene rings is 1. The van der Waals surface area contributed by atoms with Crippen molar-refractivity contribution in [3.05, 3.63) is 29.3 Å². The minimum Gasteiger partial charge on any atom is -0.478 e. The molecule has 0 radical (unpaired) electrons. The second-order valence-corrected chi connectivity index (χ2v) is 5.80. The van der Waals surface area contributed by atoms with Gasteiger partial charge in [-0.25, -0.2) is 4.79 Å². The normalized spacial score (nSPS) is 11.2. The first-order chi connectivity index (χ1) is 7.85. The summed E-state index contributed by atoms with van der Waals surface area (Å²) in [5.41, 5.74) is 0.569. The summed E-state index contributed by atoms with van der Waals surface area (Å²) in [6.45, 7) is 1.63. The third-order valence-electron chi connectivity index (χ3n) is 1.99. The Morgan fingerprint density at radius 3 is 2.65 bits per heavy atom. The maximum absolute atomic E-state index is 11.4. The van der Waals surface area contributed by atoms with Crippen molar-refractivity contribution in [1.82, 2.24) is 0 Å². The standard InChI is InChI=1S/C10H11BrO5S/c1-7-2-3-8(6-9(7)10(12)13)16-17(14,15)5-4-11/h2-3,6H,4-5H2,1H3,(H,12,13). The number of rotatable bonds is 5. The smallest absolute Gasteiger partial charge is 0.336 e. The summed E-state index contributed by atoms with van der Waals surface area (Å²) in [7, 11) is -3.68. The van der Waals surface area contributed by atoms with Gasteiger partial charge in [-0.15, -0.1) is 0 Å². The summed E-state index contributed by atoms with van der Waals surface area (Å²) in [5, 5.41) is 9.14. The van der Waals surface area contributed by atoms with Gasteiger partial charge in [-0.1, -0.05) is 22.0 Å². The molecule has 0 aliphatic rings. The Morgan fingerprint density at radius 2 is 2.12 bits per heavy atom. The van der Waals surface area contributed by atoms with Crippen molar-refractivity contribution in [1.29, 1.82) is 0 Å². The zero-order valence-electron chi connectivity index (χ0n) is 9.01. The quantitative estimate of drug-likeness (QED) is 0.660. The Hall–Kier alpha value is -1.08. The third kappa shape index (κ3) is 4.01. The van der Waals surface area contributed by atoms with E-state index in [9.17, 15) is 13.2 Å². The average molecular weight is 323 g/mol. The molecule has 0 atom stereocenters. The molecule has 1 aromatic rings. The molecule has 0 saturated heterocycles. The van der Waals surface area contributed by atoms with E-state index in [4.69, 9.17) is 9.29 Å². The van der Waals surface area contributed by atoms with Crippen molar-refractivity contribution in [3.8, 4) is 5.75 Å². The second kappa shape index (κ2) is 5.50. The van der Waals surface area contributed by atoms with Crippen LogP contribution in [0, 0.1) is 6.92 Å². The Morgan fingerprint density at radius 1 is 1.47 bits per heavy atom. The number of hydrogen-bond acceptors (Lipinski definition) is 4. The summed E-state index contributed by atoms with van der Waals surface area (Å²) in [6.07, 6.45) is 0. The summed E-state index contributed by atoms with van der Waals surface area (Å²) >= 11 is 2.99. The Balaban J connectivity index is 3.02. The van der Waals surface area contributed by atoms with E-state index in [1.54, 1.807) is 6.92 Å². The van der Waals surface area contributed by atoms with Crippen LogP contribution < -0.4 is 4.18 Å². The first kappa shape index (κ1) is 14.0. The highest BCUT2D eigenvalue weighted by molar-refractivity contribution is 9.09. The predicted molar refractivity (Wildman–Crippen MR) is 66.3 cm³/mol. The van der Waals surface area contributed by atoms with Gasteiger partial charge < -0.3 is 9.29 Å². The number of aromatic carboxylic acids is 1. The molecule has 1 aromatic carbocycles. The summed E-state index contributed by atoms with van der Waals surface area (Å²) in [4.78, 5) is 10.9. The van der Waals surface area contributed by atoms with Crippen LogP contribution in [0.15, 0.2) is 18.2 Å². The number of aryl methyl sites for hydroxylation is 1. The molecule has 1 rings (SSSR count). The zero-order valence-corrected chi connectivity index (χ0v) is 11.4. The lowest BCUT2D eigenvalue weighted by Crippen LogP contribution is -2.15. The number of carboxylic acid groups (broad SMARTS) is 1. The van der Waals surface area contributed by atoms with Gasteiger partial charge in [-0.2, -0.15) is 8.42 Å². The monoisotopic (exact) mass is 322 g/mol. The van der Waals surface area contributed by atoms with Gasteiger partial charge in [0, 0.05) is 5.33 Å². The van der Waals surface area contributed by atoms with Crippen molar-refractivity contribution < 1.29 is 22.5 Å². The molecule has 0 bridgehead atoms. The van der Waals surface area contributed by atoms with Gasteiger partial charge in [0.1, 0.15) is 5.75 Å². The third-order valence-corrected chi connectivity index (χ3v) is 4.06. The summed E-state index contributed by atoms with van der Waals surface area (Å²) < 4.78 is 27.5. The number of carbonyl (C=O) groups is 1. The molecule has 7 heteroatoms.